The van der Waals surface area contributed by atoms with E-state index in [0.717, 1.165) is 16.3 Å². The minimum absolute atomic E-state index is 0.0310. The van der Waals surface area contributed by atoms with Crippen molar-refractivity contribution in [3.63, 3.8) is 0 Å². The molecule has 0 aliphatic carbocycles. The van der Waals surface area contributed by atoms with Crippen LogP contribution >= 0.6 is 0 Å². The molecule has 0 aromatic heterocycles. The van der Waals surface area contributed by atoms with Crippen molar-refractivity contribution in [1.29, 1.82) is 0 Å². The molecular formula is C21H18N5O3+. The van der Waals surface area contributed by atoms with E-state index in [1.54, 1.807) is 30.3 Å². The Morgan fingerprint density at radius 2 is 1.62 bits per heavy atom. The van der Waals surface area contributed by atoms with Gasteiger partial charge < -0.3 is 5.32 Å². The van der Waals surface area contributed by atoms with Crippen molar-refractivity contribution in [2.24, 2.45) is 5.73 Å². The highest BCUT2D eigenvalue weighted by atomic mass is 16.2. The minimum atomic E-state index is -0.472. The summed E-state index contributed by atoms with van der Waals surface area (Å²) in [7, 11) is 0. The molecule has 4 rings (SSSR count). The van der Waals surface area contributed by atoms with Gasteiger partial charge >= 0.3 is 6.03 Å². The van der Waals surface area contributed by atoms with Crippen LogP contribution in [-0.4, -0.2) is 30.2 Å². The quantitative estimate of drug-likeness (QED) is 0.296. The fraction of sp³-hybridized carbons (Fsp3) is 0.0476. The molecule has 3 aromatic carbocycles. The summed E-state index contributed by atoms with van der Waals surface area (Å²) in [5.74, 6) is -0.384. The van der Waals surface area contributed by atoms with E-state index in [2.05, 4.69) is 10.6 Å². The number of amidine groups is 1. The van der Waals surface area contributed by atoms with Crippen LogP contribution in [0, 0.1) is 0 Å². The predicted octanol–water partition coefficient (Wildman–Crippen LogP) is 0.613. The number of nitrogens with one attached hydrogen (secondary N) is 2. The Kier molecular flexibility index (Phi) is 4.44. The van der Waals surface area contributed by atoms with E-state index in [-0.39, 0.29) is 24.2 Å². The Morgan fingerprint density at radius 3 is 2.28 bits per heavy atom. The first-order chi connectivity index (χ1) is 13.9. The highest BCUT2D eigenvalue weighted by molar-refractivity contribution is 6.12. The number of carbonyl (C=O) groups is 3. The number of hydrogen-bond donors (Lipinski definition) is 4. The first-order valence-corrected chi connectivity index (χ1v) is 8.85. The Hall–Kier alpha value is -4.20. The summed E-state index contributed by atoms with van der Waals surface area (Å²) in [6.07, 6.45) is 0. The van der Waals surface area contributed by atoms with Crippen LogP contribution in [0.4, 0.5) is 16.2 Å². The third-order valence-corrected chi connectivity index (χ3v) is 4.67. The van der Waals surface area contributed by atoms with Crippen molar-refractivity contribution in [3.8, 4) is 0 Å². The van der Waals surface area contributed by atoms with Crippen LogP contribution in [0.1, 0.15) is 15.9 Å². The molecular weight excluding hydrogens is 370 g/mol. The summed E-state index contributed by atoms with van der Waals surface area (Å²) in [5.41, 5.74) is 8.00. The van der Waals surface area contributed by atoms with Gasteiger partial charge in [0.15, 0.2) is 0 Å². The van der Waals surface area contributed by atoms with Gasteiger partial charge in [-0.15, -0.1) is 0 Å². The molecule has 29 heavy (non-hydrogen) atoms. The molecule has 4 amide bonds. The number of nitrogens with two attached hydrogens (primary N) is 2. The zero-order valence-corrected chi connectivity index (χ0v) is 15.3. The third kappa shape index (κ3) is 3.63. The van der Waals surface area contributed by atoms with E-state index in [0.29, 0.717) is 16.9 Å². The fourth-order valence-electron chi connectivity index (χ4n) is 3.15. The van der Waals surface area contributed by atoms with Crippen molar-refractivity contribution < 1.29 is 19.8 Å². The van der Waals surface area contributed by atoms with Gasteiger partial charge in [-0.3, -0.25) is 30.9 Å². The van der Waals surface area contributed by atoms with Gasteiger partial charge in [0.25, 0.3) is 11.7 Å². The Balaban J connectivity index is 1.50. The molecule has 1 heterocycles. The highest BCUT2D eigenvalue weighted by Crippen LogP contribution is 2.22. The molecule has 1 aliphatic heterocycles. The van der Waals surface area contributed by atoms with E-state index in [9.17, 15) is 14.4 Å². The number of nitrogens with zero attached hydrogens (tertiary/aromatic N) is 1. The van der Waals surface area contributed by atoms with Gasteiger partial charge in [-0.1, -0.05) is 12.1 Å². The van der Waals surface area contributed by atoms with Crippen molar-refractivity contribution in [2.75, 3.05) is 16.8 Å². The van der Waals surface area contributed by atoms with Crippen LogP contribution in [-0.2, 0) is 4.79 Å². The lowest BCUT2D eigenvalue weighted by Gasteiger charge is -2.13. The normalized spacial score (nSPS) is 13.4. The number of benzene rings is 3. The molecule has 0 unspecified atom stereocenters. The second-order valence-electron chi connectivity index (χ2n) is 6.67. The lowest BCUT2D eigenvalue weighted by Crippen LogP contribution is -2.46. The number of amides is 4. The first kappa shape index (κ1) is 18.2. The molecule has 0 bridgehead atoms. The summed E-state index contributed by atoms with van der Waals surface area (Å²) in [5, 5.41) is 12.6. The lowest BCUT2D eigenvalue weighted by molar-refractivity contribution is -0.117. The van der Waals surface area contributed by atoms with Crippen LogP contribution in [0.15, 0.2) is 60.7 Å². The maximum absolute atomic E-state index is 12.5. The molecule has 3 aromatic rings. The lowest BCUT2D eigenvalue weighted by atomic mass is 10.1. The molecule has 8 nitrogen and oxygen atoms in total. The van der Waals surface area contributed by atoms with E-state index in [1.807, 2.05) is 30.3 Å². The van der Waals surface area contributed by atoms with Crippen molar-refractivity contribution in [3.05, 3.63) is 71.8 Å². The summed E-state index contributed by atoms with van der Waals surface area (Å²) >= 11 is 0. The molecule has 0 radical (unpaired) electrons. The van der Waals surface area contributed by atoms with Gasteiger partial charge in [0, 0.05) is 16.9 Å². The standard InChI is InChI=1S/C21H17N5O3/c22-19(23)15-2-1-14-10-16(6-3-13(14)9-15)24-20(28)12-4-7-17(8-5-12)26-11-18(27)25-21(26)29/h1-10H,11H2,(H3,22,23)(H,24,28)(H,25,27,29)/p+1. The number of carbonyl (C=O) groups excluding carboxylic acids is 3. The number of hydrogen-bond acceptors (Lipinski definition) is 3. The van der Waals surface area contributed by atoms with E-state index < -0.39 is 6.03 Å². The van der Waals surface area contributed by atoms with Gasteiger partial charge in [0.2, 0.25) is 5.91 Å². The second kappa shape index (κ2) is 7.08. The summed E-state index contributed by atoms with van der Waals surface area (Å²) in [6, 6.07) is 17.1. The maximum Gasteiger partial charge on any atom is 0.329 e. The van der Waals surface area contributed by atoms with Crippen molar-refractivity contribution >= 4 is 45.8 Å². The molecule has 1 saturated heterocycles. The zero-order valence-electron chi connectivity index (χ0n) is 15.3. The summed E-state index contributed by atoms with van der Waals surface area (Å²) in [4.78, 5) is 36.9. The van der Waals surface area contributed by atoms with Crippen molar-refractivity contribution in [2.45, 2.75) is 0 Å². The minimum Gasteiger partial charge on any atom is -0.322 e. The Morgan fingerprint density at radius 1 is 0.966 bits per heavy atom. The second-order valence-corrected chi connectivity index (χ2v) is 6.67. The zero-order chi connectivity index (χ0) is 20.5. The number of imide groups is 1. The smallest absolute Gasteiger partial charge is 0.322 e. The molecule has 8 heteroatoms. The number of fused-ring (bicyclic) bond motifs is 1. The van der Waals surface area contributed by atoms with E-state index in [1.165, 1.54) is 4.90 Å². The average Bonchev–Trinajstić information content (AvgIpc) is 3.05. The number of urea groups is 1. The third-order valence-electron chi connectivity index (χ3n) is 4.67. The van der Waals surface area contributed by atoms with Crippen LogP contribution < -0.4 is 26.7 Å². The Bertz CT molecular complexity index is 1170. The fourth-order valence-corrected chi connectivity index (χ4v) is 3.15. The van der Waals surface area contributed by atoms with Gasteiger partial charge in [-0.25, -0.2) is 4.79 Å². The average molecular weight is 388 g/mol. The van der Waals surface area contributed by atoms with Crippen LogP contribution in [0.25, 0.3) is 10.8 Å². The monoisotopic (exact) mass is 388 g/mol. The van der Waals surface area contributed by atoms with E-state index in [4.69, 9.17) is 11.1 Å². The highest BCUT2D eigenvalue weighted by Gasteiger charge is 2.27. The molecule has 0 spiro atoms. The summed E-state index contributed by atoms with van der Waals surface area (Å²) < 4.78 is 0. The van der Waals surface area contributed by atoms with Crippen LogP contribution in [0.5, 0.6) is 0 Å². The largest absolute Gasteiger partial charge is 0.329 e. The summed E-state index contributed by atoms with van der Waals surface area (Å²) in [6.45, 7) is -0.0310. The van der Waals surface area contributed by atoms with E-state index >= 15 is 0 Å². The molecule has 144 valence electrons. The van der Waals surface area contributed by atoms with Gasteiger partial charge in [0.05, 0.1) is 5.56 Å². The topological polar surface area (TPSA) is 130 Å². The van der Waals surface area contributed by atoms with Gasteiger partial charge in [0.1, 0.15) is 6.54 Å². The van der Waals surface area contributed by atoms with Crippen LogP contribution in [0.3, 0.4) is 0 Å². The first-order valence-electron chi connectivity index (χ1n) is 8.85. The molecule has 0 atom stereocenters. The maximum atomic E-state index is 12.5. The molecule has 0 saturated carbocycles. The molecule has 6 N–H and O–H groups in total. The predicted molar refractivity (Wildman–Crippen MR) is 109 cm³/mol. The van der Waals surface area contributed by atoms with Crippen LogP contribution in [0.2, 0.25) is 0 Å². The molecule has 1 fully saturated rings. The number of rotatable bonds is 4. The van der Waals surface area contributed by atoms with Gasteiger partial charge in [-0.2, -0.15) is 0 Å². The number of anilines is 2. The van der Waals surface area contributed by atoms with Gasteiger partial charge in [-0.05, 0) is 59.3 Å². The Labute approximate surface area is 165 Å². The molecule has 1 aliphatic rings. The van der Waals surface area contributed by atoms with Crippen molar-refractivity contribution in [1.82, 2.24) is 5.32 Å². The SMILES string of the molecule is NC(=[NH2+])c1ccc2cc(NC(=O)c3ccc(N4CC(=O)NC4=O)cc3)ccc2c1.